The molecule has 0 aliphatic rings. The van der Waals surface area contributed by atoms with Crippen molar-refractivity contribution >= 4 is 33.5 Å². The van der Waals surface area contributed by atoms with Gasteiger partial charge in [0.1, 0.15) is 12.3 Å². The Morgan fingerprint density at radius 3 is 2.67 bits per heavy atom. The fourth-order valence-electron chi connectivity index (χ4n) is 1.08. The van der Waals surface area contributed by atoms with Gasteiger partial charge >= 0.3 is 16.2 Å². The van der Waals surface area contributed by atoms with E-state index in [1.807, 2.05) is 4.72 Å². The van der Waals surface area contributed by atoms with Crippen molar-refractivity contribution in [3.63, 3.8) is 0 Å². The second-order valence-corrected chi connectivity index (χ2v) is 5.63. The van der Waals surface area contributed by atoms with Gasteiger partial charge in [-0.3, -0.25) is 9.52 Å². The highest BCUT2D eigenvalue weighted by molar-refractivity contribution is 7.90. The molecule has 0 aliphatic heterocycles. The summed E-state index contributed by atoms with van der Waals surface area (Å²) in [6.45, 7) is -0.698. The minimum atomic E-state index is -4.06. The largest absolute Gasteiger partial charge is 0.506 e. The van der Waals surface area contributed by atoms with Crippen LogP contribution in [0, 0.1) is 0 Å². The van der Waals surface area contributed by atoms with Crippen LogP contribution in [0.3, 0.4) is 0 Å². The normalized spacial score (nSPS) is 11.5. The van der Waals surface area contributed by atoms with Crippen molar-refractivity contribution in [3.05, 3.63) is 23.2 Å². The van der Waals surface area contributed by atoms with Crippen LogP contribution in [0.5, 0.6) is 5.75 Å². The zero-order chi connectivity index (χ0) is 13.9. The maximum Gasteiger partial charge on any atom is 0.318 e. The number of nitrogens with one attached hydrogen (secondary N) is 1. The third-order valence-electron chi connectivity index (χ3n) is 1.97. The number of hydrogen-bond acceptors (Lipinski definition) is 4. The molecule has 18 heavy (non-hydrogen) atoms. The Hall–Kier alpha value is -1.51. The van der Waals surface area contributed by atoms with E-state index < -0.39 is 22.7 Å². The Bertz CT molecular complexity index is 560. The molecular weight excluding hydrogens is 284 g/mol. The number of phenols is 1. The molecule has 7 nitrogen and oxygen atoms in total. The van der Waals surface area contributed by atoms with Crippen LogP contribution in [0.15, 0.2) is 18.2 Å². The van der Waals surface area contributed by atoms with Crippen molar-refractivity contribution in [1.82, 2.24) is 4.31 Å². The van der Waals surface area contributed by atoms with Crippen LogP contribution in [0.25, 0.3) is 0 Å². The number of aromatic hydroxyl groups is 1. The number of hydrogen-bond donors (Lipinski definition) is 3. The Morgan fingerprint density at radius 2 is 2.11 bits per heavy atom. The molecule has 0 spiro atoms. The highest BCUT2D eigenvalue weighted by atomic mass is 35.5. The third-order valence-corrected chi connectivity index (χ3v) is 3.63. The van der Waals surface area contributed by atoms with E-state index in [1.54, 1.807) is 0 Å². The van der Waals surface area contributed by atoms with Crippen molar-refractivity contribution < 1.29 is 23.4 Å². The maximum absolute atomic E-state index is 11.7. The Kier molecular flexibility index (Phi) is 4.38. The van der Waals surface area contributed by atoms with Gasteiger partial charge < -0.3 is 10.2 Å². The topological polar surface area (TPSA) is 107 Å². The smallest absolute Gasteiger partial charge is 0.318 e. The van der Waals surface area contributed by atoms with E-state index in [9.17, 15) is 18.3 Å². The molecule has 0 fully saturated rings. The second-order valence-electron chi connectivity index (χ2n) is 3.42. The van der Waals surface area contributed by atoms with Crippen molar-refractivity contribution in [2.24, 2.45) is 0 Å². The Morgan fingerprint density at radius 1 is 1.50 bits per heavy atom. The summed E-state index contributed by atoms with van der Waals surface area (Å²) in [6, 6.07) is 3.82. The van der Waals surface area contributed by atoms with E-state index in [0.717, 1.165) is 7.05 Å². The standard InChI is InChI=1S/C9H11ClN2O5S/c1-12(5-9(14)15)18(16,17)11-7-4-6(10)2-3-8(7)13/h2-4,11,13H,5H2,1H3,(H,14,15). The number of rotatable bonds is 5. The molecule has 1 rings (SSSR count). The number of carboxylic acids is 1. The third kappa shape index (κ3) is 3.76. The van der Waals surface area contributed by atoms with E-state index >= 15 is 0 Å². The number of phenolic OH excluding ortho intramolecular Hbond substituents is 1. The predicted octanol–water partition coefficient (Wildman–Crippen LogP) is 0.719. The molecule has 0 atom stereocenters. The van der Waals surface area contributed by atoms with Gasteiger partial charge in [-0.25, -0.2) is 0 Å². The van der Waals surface area contributed by atoms with Gasteiger partial charge in [-0.05, 0) is 18.2 Å². The molecule has 0 saturated heterocycles. The summed E-state index contributed by atoms with van der Waals surface area (Å²) in [5, 5.41) is 18.2. The van der Waals surface area contributed by atoms with Gasteiger partial charge in [0.2, 0.25) is 0 Å². The lowest BCUT2D eigenvalue weighted by Crippen LogP contribution is -2.36. The van der Waals surface area contributed by atoms with E-state index in [-0.39, 0.29) is 16.5 Å². The fraction of sp³-hybridized carbons (Fsp3) is 0.222. The second kappa shape index (κ2) is 5.42. The van der Waals surface area contributed by atoms with Gasteiger partial charge in [-0.1, -0.05) is 11.6 Å². The first kappa shape index (κ1) is 14.6. The van der Waals surface area contributed by atoms with Crippen LogP contribution in [-0.2, 0) is 15.0 Å². The molecule has 1 aromatic carbocycles. The van der Waals surface area contributed by atoms with Gasteiger partial charge in [0.05, 0.1) is 5.69 Å². The fourth-order valence-corrected chi connectivity index (χ4v) is 2.13. The highest BCUT2D eigenvalue weighted by Gasteiger charge is 2.21. The van der Waals surface area contributed by atoms with Crippen molar-refractivity contribution in [2.75, 3.05) is 18.3 Å². The van der Waals surface area contributed by atoms with Gasteiger partial charge in [-0.2, -0.15) is 12.7 Å². The van der Waals surface area contributed by atoms with Gasteiger partial charge in [0, 0.05) is 12.1 Å². The molecule has 9 heteroatoms. The lowest BCUT2D eigenvalue weighted by molar-refractivity contribution is -0.137. The van der Waals surface area contributed by atoms with Crippen LogP contribution in [0.4, 0.5) is 5.69 Å². The zero-order valence-corrected chi connectivity index (χ0v) is 10.9. The quantitative estimate of drug-likeness (QED) is 0.694. The number of carbonyl (C=O) groups is 1. The monoisotopic (exact) mass is 294 g/mol. The molecule has 0 unspecified atom stereocenters. The van der Waals surface area contributed by atoms with Crippen LogP contribution < -0.4 is 4.72 Å². The van der Waals surface area contributed by atoms with Crippen LogP contribution >= 0.6 is 11.6 Å². The average molecular weight is 295 g/mol. The number of carboxylic acid groups (broad SMARTS) is 1. The van der Waals surface area contributed by atoms with E-state index in [1.165, 1.54) is 18.2 Å². The first-order valence-electron chi connectivity index (χ1n) is 4.67. The van der Waals surface area contributed by atoms with E-state index in [4.69, 9.17) is 16.7 Å². The van der Waals surface area contributed by atoms with Crippen molar-refractivity contribution in [3.8, 4) is 5.75 Å². The number of likely N-dealkylation sites (N-methyl/N-ethyl adjacent to an activating group) is 1. The maximum atomic E-state index is 11.7. The van der Waals surface area contributed by atoms with Crippen LogP contribution in [-0.4, -0.2) is 42.5 Å². The first-order valence-corrected chi connectivity index (χ1v) is 6.48. The molecule has 3 N–H and O–H groups in total. The Balaban J connectivity index is 2.95. The van der Waals surface area contributed by atoms with Crippen molar-refractivity contribution in [1.29, 1.82) is 0 Å². The molecule has 0 aromatic heterocycles. The number of anilines is 1. The summed E-state index contributed by atoms with van der Waals surface area (Å²) in [4.78, 5) is 10.4. The van der Waals surface area contributed by atoms with Gasteiger partial charge in [0.25, 0.3) is 0 Å². The predicted molar refractivity (Wildman–Crippen MR) is 65.9 cm³/mol. The molecular formula is C9H11ClN2O5S. The zero-order valence-electron chi connectivity index (χ0n) is 9.29. The minimum Gasteiger partial charge on any atom is -0.506 e. The number of benzene rings is 1. The number of halogens is 1. The molecule has 0 aliphatic carbocycles. The summed E-state index contributed by atoms with van der Waals surface area (Å²) in [6.07, 6.45) is 0. The lowest BCUT2D eigenvalue weighted by Gasteiger charge is -2.16. The summed E-state index contributed by atoms with van der Waals surface area (Å²) < 4.78 is 26.0. The summed E-state index contributed by atoms with van der Waals surface area (Å²) in [5.41, 5.74) is -0.125. The summed E-state index contributed by atoms with van der Waals surface area (Å²) in [5.74, 6) is -1.61. The molecule has 0 heterocycles. The summed E-state index contributed by atoms with van der Waals surface area (Å²) >= 11 is 5.66. The SMILES string of the molecule is CN(CC(=O)O)S(=O)(=O)Nc1cc(Cl)ccc1O. The molecule has 1 aromatic rings. The van der Waals surface area contributed by atoms with Crippen LogP contribution in [0.2, 0.25) is 5.02 Å². The molecule has 0 radical (unpaired) electrons. The lowest BCUT2D eigenvalue weighted by atomic mass is 10.3. The molecule has 0 amide bonds. The molecule has 0 saturated carbocycles. The van der Waals surface area contributed by atoms with Gasteiger partial charge in [0.15, 0.2) is 0 Å². The number of nitrogens with zero attached hydrogens (tertiary/aromatic N) is 1. The van der Waals surface area contributed by atoms with Crippen molar-refractivity contribution in [2.45, 2.75) is 0 Å². The molecule has 100 valence electrons. The number of aliphatic carboxylic acids is 1. The Labute approximate surface area is 109 Å². The van der Waals surface area contributed by atoms with E-state index in [2.05, 4.69) is 0 Å². The summed E-state index contributed by atoms with van der Waals surface area (Å²) in [7, 11) is -2.97. The highest BCUT2D eigenvalue weighted by Crippen LogP contribution is 2.27. The minimum absolute atomic E-state index is 0.125. The molecule has 0 bridgehead atoms. The first-order chi connectivity index (χ1) is 8.22. The van der Waals surface area contributed by atoms with E-state index in [0.29, 0.717) is 4.31 Å². The van der Waals surface area contributed by atoms with Crippen LogP contribution in [0.1, 0.15) is 0 Å². The van der Waals surface area contributed by atoms with Gasteiger partial charge in [-0.15, -0.1) is 0 Å². The average Bonchev–Trinajstić information content (AvgIpc) is 2.22.